The highest BCUT2D eigenvalue weighted by atomic mass is 19.4. The summed E-state index contributed by atoms with van der Waals surface area (Å²) >= 11 is 0. The molecule has 1 heterocycles. The fraction of sp³-hybridized carbons (Fsp3) is 0.370. The lowest BCUT2D eigenvalue weighted by atomic mass is 9.94. The van der Waals surface area contributed by atoms with Gasteiger partial charge in [-0.15, -0.1) is 0 Å². The lowest BCUT2D eigenvalue weighted by Gasteiger charge is -2.31. The Kier molecular flexibility index (Phi) is 7.68. The molecule has 1 aliphatic heterocycles. The second-order valence-corrected chi connectivity index (χ2v) is 9.75. The molecular formula is C27H25F4N3O6. The van der Waals surface area contributed by atoms with Gasteiger partial charge in [-0.3, -0.25) is 19.2 Å². The normalized spacial score (nSPS) is 18.9. The van der Waals surface area contributed by atoms with Gasteiger partial charge in [0.15, 0.2) is 0 Å². The molecule has 4 rings (SSSR count). The Morgan fingerprint density at radius 2 is 1.80 bits per heavy atom. The summed E-state index contributed by atoms with van der Waals surface area (Å²) in [6.45, 7) is 0.514. The van der Waals surface area contributed by atoms with Crippen molar-refractivity contribution in [2.45, 2.75) is 57.5 Å². The lowest BCUT2D eigenvalue weighted by molar-refractivity contribution is -0.187. The van der Waals surface area contributed by atoms with Gasteiger partial charge in [0.2, 0.25) is 17.4 Å². The van der Waals surface area contributed by atoms with Gasteiger partial charge in [0.25, 0.3) is 5.91 Å². The van der Waals surface area contributed by atoms with E-state index in [0.717, 1.165) is 19.1 Å². The number of halogens is 4. The van der Waals surface area contributed by atoms with Crippen LogP contribution in [0.5, 0.6) is 0 Å². The van der Waals surface area contributed by atoms with Crippen molar-refractivity contribution < 1.29 is 46.3 Å². The summed E-state index contributed by atoms with van der Waals surface area (Å²) in [6, 6.07) is 6.80. The second kappa shape index (κ2) is 10.7. The largest absolute Gasteiger partial charge is 0.427 e. The fourth-order valence-electron chi connectivity index (χ4n) is 4.79. The van der Waals surface area contributed by atoms with Crippen LogP contribution in [0.15, 0.2) is 42.5 Å². The molecule has 1 fully saturated rings. The number of anilines is 1. The summed E-state index contributed by atoms with van der Waals surface area (Å²) in [4.78, 5) is 63.3. The van der Waals surface area contributed by atoms with Gasteiger partial charge in [0.05, 0.1) is 6.42 Å². The molecule has 212 valence electrons. The summed E-state index contributed by atoms with van der Waals surface area (Å²) in [5.41, 5.74) is -0.265. The number of rotatable bonds is 8. The number of imide groups is 1. The molecule has 1 saturated heterocycles. The second-order valence-electron chi connectivity index (χ2n) is 9.75. The summed E-state index contributed by atoms with van der Waals surface area (Å²) in [6.07, 6.45) is -6.00. The van der Waals surface area contributed by atoms with E-state index in [1.165, 1.54) is 31.2 Å². The number of hydrogen-bond acceptors (Lipinski definition) is 6. The van der Waals surface area contributed by atoms with Crippen molar-refractivity contribution in [3.05, 3.63) is 65.0 Å². The minimum Gasteiger partial charge on any atom is -0.427 e. The number of nitrogens with zero attached hydrogens (tertiary/aromatic N) is 2. The van der Waals surface area contributed by atoms with Crippen molar-refractivity contribution in [1.29, 1.82) is 0 Å². The van der Waals surface area contributed by atoms with Gasteiger partial charge in [0.1, 0.15) is 24.2 Å². The van der Waals surface area contributed by atoms with Crippen LogP contribution in [0.4, 0.5) is 28.0 Å². The summed E-state index contributed by atoms with van der Waals surface area (Å²) in [5.74, 6) is -3.50. The van der Waals surface area contributed by atoms with Crippen LogP contribution in [-0.4, -0.2) is 58.2 Å². The molecule has 0 aromatic heterocycles. The van der Waals surface area contributed by atoms with Crippen LogP contribution in [0, 0.1) is 5.82 Å². The van der Waals surface area contributed by atoms with Crippen molar-refractivity contribution in [3.63, 3.8) is 0 Å². The zero-order valence-electron chi connectivity index (χ0n) is 21.5. The third kappa shape index (κ3) is 5.68. The number of nitrogens with one attached hydrogen (secondary N) is 1. The van der Waals surface area contributed by atoms with E-state index in [0.29, 0.717) is 26.6 Å². The van der Waals surface area contributed by atoms with Gasteiger partial charge >= 0.3 is 12.3 Å². The lowest BCUT2D eigenvalue weighted by Crippen LogP contribution is -2.51. The maximum Gasteiger partial charge on any atom is 0.418 e. The van der Waals surface area contributed by atoms with Gasteiger partial charge in [-0.1, -0.05) is 18.2 Å². The summed E-state index contributed by atoms with van der Waals surface area (Å²) in [7, 11) is 0. The first kappa shape index (κ1) is 28.7. The highest BCUT2D eigenvalue weighted by molar-refractivity contribution is 6.07. The quantitative estimate of drug-likeness (QED) is 0.386. The molecule has 1 aliphatic carbocycles. The molecule has 2 aromatic carbocycles. The highest BCUT2D eigenvalue weighted by Crippen LogP contribution is 2.46. The molecule has 0 bridgehead atoms. The first-order chi connectivity index (χ1) is 18.7. The number of Topliss-reactive ketones (excluding diaryl/α,β-unsaturated/α-hetero) is 1. The average Bonchev–Trinajstić information content (AvgIpc) is 3.34. The summed E-state index contributed by atoms with van der Waals surface area (Å²) < 4.78 is 59.5. The average molecular weight is 564 g/mol. The molecule has 13 heteroatoms. The van der Waals surface area contributed by atoms with E-state index in [-0.39, 0.29) is 30.6 Å². The Hall–Kier alpha value is -4.29. The smallest absolute Gasteiger partial charge is 0.418 e. The monoisotopic (exact) mass is 563 g/mol. The molecule has 1 N–H and O–H groups in total. The minimum atomic E-state index is -4.81. The Bertz CT molecular complexity index is 1380. The molecule has 9 nitrogen and oxygen atoms in total. The molecule has 2 aromatic rings. The third-order valence-electron chi connectivity index (χ3n) is 6.87. The molecule has 40 heavy (non-hydrogen) atoms. The Labute approximate surface area is 226 Å². The minimum absolute atomic E-state index is 0.0285. The zero-order chi connectivity index (χ0) is 29.4. The number of amides is 4. The van der Waals surface area contributed by atoms with E-state index in [9.17, 15) is 41.5 Å². The number of hydrogen-bond donors (Lipinski definition) is 1. The van der Waals surface area contributed by atoms with Crippen molar-refractivity contribution in [3.8, 4) is 0 Å². The van der Waals surface area contributed by atoms with Crippen LogP contribution in [0.1, 0.15) is 43.4 Å². The predicted octanol–water partition coefficient (Wildman–Crippen LogP) is 3.84. The SMILES string of the molecule is CC(=O)CC(=O)Nc1ccc2c(c1)CC[C@@]21OC(=O)N(CC(=O)N(Cc2ccc(F)cc2)[C@@H](C)C(F)(F)F)C1=O. The van der Waals surface area contributed by atoms with E-state index in [1.54, 1.807) is 6.07 Å². The molecule has 4 amide bonds. The van der Waals surface area contributed by atoms with Crippen LogP contribution in [-0.2, 0) is 42.5 Å². The predicted molar refractivity (Wildman–Crippen MR) is 131 cm³/mol. The number of carbonyl (C=O) groups excluding carboxylic acids is 5. The van der Waals surface area contributed by atoms with Crippen LogP contribution in [0.25, 0.3) is 0 Å². The van der Waals surface area contributed by atoms with Crippen LogP contribution in [0.2, 0.25) is 0 Å². The highest BCUT2D eigenvalue weighted by Gasteiger charge is 2.58. The molecule has 1 spiro atoms. The molecule has 0 radical (unpaired) electrons. The number of aryl methyl sites for hydroxylation is 1. The van der Waals surface area contributed by atoms with E-state index in [1.807, 2.05) is 0 Å². The van der Waals surface area contributed by atoms with E-state index < -0.39 is 60.5 Å². The molecule has 2 aliphatic rings. The van der Waals surface area contributed by atoms with Crippen LogP contribution < -0.4 is 5.32 Å². The van der Waals surface area contributed by atoms with Crippen LogP contribution >= 0.6 is 0 Å². The fourth-order valence-corrected chi connectivity index (χ4v) is 4.79. The number of ether oxygens (including phenoxy) is 1. The standard InChI is InChI=1S/C27H25F4N3O6/c1-15(35)11-22(36)32-20-7-8-21-18(12-20)9-10-26(21)24(38)34(25(39)40-26)14-23(37)33(16(2)27(29,30)31)13-17-3-5-19(28)6-4-17/h3-8,12,16H,9-11,13-14H2,1-2H3,(H,32,36)/t16-,26+/m0/s1. The summed E-state index contributed by atoms with van der Waals surface area (Å²) in [5, 5.41) is 2.57. The number of fused-ring (bicyclic) bond motifs is 2. The van der Waals surface area contributed by atoms with Gasteiger partial charge in [-0.25, -0.2) is 14.1 Å². The topological polar surface area (TPSA) is 113 Å². The molecule has 0 unspecified atom stereocenters. The molecule has 0 saturated carbocycles. The van der Waals surface area contributed by atoms with Gasteiger partial charge in [-0.2, -0.15) is 13.2 Å². The Balaban J connectivity index is 1.54. The number of ketones is 1. The number of alkyl halides is 3. The first-order valence-corrected chi connectivity index (χ1v) is 12.3. The third-order valence-corrected chi connectivity index (χ3v) is 6.87. The Morgan fingerprint density at radius 3 is 2.42 bits per heavy atom. The van der Waals surface area contributed by atoms with Gasteiger partial charge in [-0.05, 0) is 55.7 Å². The number of carbonyl (C=O) groups is 5. The molecular weight excluding hydrogens is 538 g/mol. The van der Waals surface area contributed by atoms with E-state index >= 15 is 0 Å². The van der Waals surface area contributed by atoms with Crippen LogP contribution in [0.3, 0.4) is 0 Å². The van der Waals surface area contributed by atoms with Gasteiger partial charge < -0.3 is 15.0 Å². The maximum absolute atomic E-state index is 13.6. The maximum atomic E-state index is 13.6. The van der Waals surface area contributed by atoms with Crippen molar-refractivity contribution >= 4 is 35.3 Å². The van der Waals surface area contributed by atoms with Crippen molar-refractivity contribution in [1.82, 2.24) is 9.80 Å². The van der Waals surface area contributed by atoms with Crippen molar-refractivity contribution in [2.24, 2.45) is 0 Å². The molecule has 2 atom stereocenters. The van der Waals surface area contributed by atoms with E-state index in [2.05, 4.69) is 5.32 Å². The number of benzene rings is 2. The van der Waals surface area contributed by atoms with E-state index in [4.69, 9.17) is 4.74 Å². The zero-order valence-corrected chi connectivity index (χ0v) is 21.5. The van der Waals surface area contributed by atoms with Crippen molar-refractivity contribution in [2.75, 3.05) is 11.9 Å². The van der Waals surface area contributed by atoms with Gasteiger partial charge in [0, 0.05) is 24.2 Å². The Morgan fingerprint density at radius 1 is 1.12 bits per heavy atom. The first-order valence-electron chi connectivity index (χ1n) is 12.3.